The van der Waals surface area contributed by atoms with Crippen LogP contribution < -0.4 is 14.8 Å². The second-order valence-corrected chi connectivity index (χ2v) is 6.06. The predicted octanol–water partition coefficient (Wildman–Crippen LogP) is 5.07. The Morgan fingerprint density at radius 3 is 2.67 bits per heavy atom. The smallest absolute Gasteiger partial charge is 0.266 e. The van der Waals surface area contributed by atoms with E-state index in [9.17, 15) is 10.1 Å². The zero-order valence-electron chi connectivity index (χ0n) is 15.3. The van der Waals surface area contributed by atoms with Crippen LogP contribution in [-0.4, -0.2) is 19.1 Å². The molecule has 0 aliphatic carbocycles. The lowest BCUT2D eigenvalue weighted by Gasteiger charge is -2.12. The quantitative estimate of drug-likeness (QED) is 0.509. The van der Waals surface area contributed by atoms with Crippen molar-refractivity contribution in [1.29, 1.82) is 5.26 Å². The highest BCUT2D eigenvalue weighted by atomic mass is 35.5. The molecule has 6 heteroatoms. The van der Waals surface area contributed by atoms with E-state index < -0.39 is 5.91 Å². The third kappa shape index (κ3) is 6.05. The van der Waals surface area contributed by atoms with E-state index in [1.165, 1.54) is 6.08 Å². The maximum Gasteiger partial charge on any atom is 0.266 e. The summed E-state index contributed by atoms with van der Waals surface area (Å²) in [5, 5.41) is 12.5. The first kappa shape index (κ1) is 20.3. The minimum absolute atomic E-state index is 0.0281. The number of benzene rings is 2. The number of hydrogen-bond acceptors (Lipinski definition) is 4. The van der Waals surface area contributed by atoms with Gasteiger partial charge >= 0.3 is 0 Å². The molecule has 0 unspecified atom stereocenters. The van der Waals surface area contributed by atoms with Crippen LogP contribution in [0.15, 0.2) is 48.0 Å². The van der Waals surface area contributed by atoms with Crippen molar-refractivity contribution >= 4 is 29.3 Å². The van der Waals surface area contributed by atoms with E-state index in [1.807, 2.05) is 19.9 Å². The first-order valence-corrected chi connectivity index (χ1v) is 9.03. The van der Waals surface area contributed by atoms with E-state index in [4.69, 9.17) is 21.1 Å². The minimum Gasteiger partial charge on any atom is -0.490 e. The molecule has 0 bridgehead atoms. The summed E-state index contributed by atoms with van der Waals surface area (Å²) >= 11 is 5.91. The lowest BCUT2D eigenvalue weighted by Crippen LogP contribution is -2.13. The number of halogens is 1. The molecule has 0 atom stereocenters. The summed E-state index contributed by atoms with van der Waals surface area (Å²) in [6.07, 6.45) is 2.39. The van der Waals surface area contributed by atoms with Crippen molar-refractivity contribution in [3.8, 4) is 17.6 Å². The molecule has 140 valence electrons. The van der Waals surface area contributed by atoms with Gasteiger partial charge < -0.3 is 14.8 Å². The van der Waals surface area contributed by atoms with Gasteiger partial charge in [0.1, 0.15) is 11.6 Å². The highest BCUT2D eigenvalue weighted by Crippen LogP contribution is 2.29. The standard InChI is InChI=1S/C21H21ClN2O3/c1-3-10-27-19-9-8-15(12-20(19)26-4-2)11-16(14-23)21(25)24-18-7-5-6-17(22)13-18/h5-9,11-13H,3-4,10H2,1-2H3,(H,24,25)/b16-11+. The van der Waals surface area contributed by atoms with Gasteiger partial charge in [-0.2, -0.15) is 5.26 Å². The Balaban J connectivity index is 2.24. The number of nitriles is 1. The molecule has 0 aliphatic heterocycles. The maximum atomic E-state index is 12.4. The number of nitrogens with zero attached hydrogens (tertiary/aromatic N) is 1. The van der Waals surface area contributed by atoms with Crippen molar-refractivity contribution in [2.45, 2.75) is 20.3 Å². The van der Waals surface area contributed by atoms with E-state index >= 15 is 0 Å². The summed E-state index contributed by atoms with van der Waals surface area (Å²) in [6, 6.07) is 14.0. The molecule has 0 spiro atoms. The van der Waals surface area contributed by atoms with Gasteiger partial charge in [0.15, 0.2) is 11.5 Å². The fraction of sp³-hybridized carbons (Fsp3) is 0.238. The second kappa shape index (κ2) is 10.2. The van der Waals surface area contributed by atoms with Crippen LogP contribution in [-0.2, 0) is 4.79 Å². The molecule has 2 aromatic rings. The number of anilines is 1. The molecule has 5 nitrogen and oxygen atoms in total. The van der Waals surface area contributed by atoms with Crippen LogP contribution in [0.5, 0.6) is 11.5 Å². The average molecular weight is 385 g/mol. The molecule has 1 N–H and O–H groups in total. The first-order chi connectivity index (χ1) is 13.1. The van der Waals surface area contributed by atoms with Gasteiger partial charge in [-0.25, -0.2) is 0 Å². The van der Waals surface area contributed by atoms with Crippen molar-refractivity contribution in [2.75, 3.05) is 18.5 Å². The van der Waals surface area contributed by atoms with Gasteiger partial charge in [0.25, 0.3) is 5.91 Å². The van der Waals surface area contributed by atoms with E-state index in [0.717, 1.165) is 6.42 Å². The zero-order chi connectivity index (χ0) is 19.6. The fourth-order valence-electron chi connectivity index (χ4n) is 2.29. The molecule has 0 heterocycles. The predicted molar refractivity (Wildman–Crippen MR) is 107 cm³/mol. The third-order valence-corrected chi connectivity index (χ3v) is 3.72. The first-order valence-electron chi connectivity index (χ1n) is 8.65. The van der Waals surface area contributed by atoms with Gasteiger partial charge in [-0.3, -0.25) is 4.79 Å². The Kier molecular flexibility index (Phi) is 7.72. The molecule has 2 aromatic carbocycles. The van der Waals surface area contributed by atoms with Crippen LogP contribution in [0.3, 0.4) is 0 Å². The fourth-order valence-corrected chi connectivity index (χ4v) is 2.48. The summed E-state index contributed by atoms with van der Waals surface area (Å²) < 4.78 is 11.3. The molecule has 0 fully saturated rings. The highest BCUT2D eigenvalue weighted by molar-refractivity contribution is 6.31. The number of rotatable bonds is 8. The normalized spacial score (nSPS) is 10.8. The Labute approximate surface area is 164 Å². The Morgan fingerprint density at radius 2 is 2.00 bits per heavy atom. The molecule has 2 rings (SSSR count). The Morgan fingerprint density at radius 1 is 1.19 bits per heavy atom. The zero-order valence-corrected chi connectivity index (χ0v) is 16.0. The van der Waals surface area contributed by atoms with Crippen LogP contribution >= 0.6 is 11.6 Å². The van der Waals surface area contributed by atoms with E-state index in [2.05, 4.69) is 5.32 Å². The average Bonchev–Trinajstić information content (AvgIpc) is 2.65. The van der Waals surface area contributed by atoms with Gasteiger partial charge in [-0.1, -0.05) is 30.7 Å². The lowest BCUT2D eigenvalue weighted by atomic mass is 10.1. The number of hydrogen-bond donors (Lipinski definition) is 1. The van der Waals surface area contributed by atoms with Crippen molar-refractivity contribution in [3.05, 3.63) is 58.6 Å². The van der Waals surface area contributed by atoms with Crippen LogP contribution in [0.4, 0.5) is 5.69 Å². The number of carbonyl (C=O) groups excluding carboxylic acids is 1. The minimum atomic E-state index is -0.510. The molecule has 0 saturated carbocycles. The molecule has 0 radical (unpaired) electrons. The highest BCUT2D eigenvalue weighted by Gasteiger charge is 2.11. The lowest BCUT2D eigenvalue weighted by molar-refractivity contribution is -0.112. The van der Waals surface area contributed by atoms with E-state index in [0.29, 0.717) is 41.0 Å². The van der Waals surface area contributed by atoms with Crippen molar-refractivity contribution in [2.24, 2.45) is 0 Å². The van der Waals surface area contributed by atoms with Gasteiger partial charge in [0.05, 0.1) is 13.2 Å². The number of carbonyl (C=O) groups is 1. The van der Waals surface area contributed by atoms with Gasteiger partial charge in [-0.15, -0.1) is 0 Å². The summed E-state index contributed by atoms with van der Waals surface area (Å²) in [4.78, 5) is 12.4. The Hall–Kier alpha value is -2.97. The topological polar surface area (TPSA) is 71.3 Å². The van der Waals surface area contributed by atoms with E-state index in [-0.39, 0.29) is 5.57 Å². The van der Waals surface area contributed by atoms with E-state index in [1.54, 1.807) is 42.5 Å². The van der Waals surface area contributed by atoms with Crippen molar-refractivity contribution in [3.63, 3.8) is 0 Å². The molecule has 1 amide bonds. The largest absolute Gasteiger partial charge is 0.490 e. The third-order valence-electron chi connectivity index (χ3n) is 3.49. The second-order valence-electron chi connectivity index (χ2n) is 5.62. The molecular weight excluding hydrogens is 364 g/mol. The maximum absolute atomic E-state index is 12.4. The number of ether oxygens (including phenoxy) is 2. The van der Waals surface area contributed by atoms with Crippen LogP contribution in [0.2, 0.25) is 5.02 Å². The summed E-state index contributed by atoms with van der Waals surface area (Å²) in [5.74, 6) is 0.703. The SMILES string of the molecule is CCCOc1ccc(/C=C(\C#N)C(=O)Nc2cccc(Cl)c2)cc1OCC. The van der Waals surface area contributed by atoms with Crippen LogP contribution in [0.1, 0.15) is 25.8 Å². The monoisotopic (exact) mass is 384 g/mol. The molecule has 0 aliphatic rings. The molecule has 0 aromatic heterocycles. The summed E-state index contributed by atoms with van der Waals surface area (Å²) in [6.45, 7) is 4.97. The van der Waals surface area contributed by atoms with Gasteiger partial charge in [0, 0.05) is 10.7 Å². The molecular formula is C21H21ClN2O3. The van der Waals surface area contributed by atoms with Crippen molar-refractivity contribution < 1.29 is 14.3 Å². The summed E-state index contributed by atoms with van der Waals surface area (Å²) in [7, 11) is 0. The van der Waals surface area contributed by atoms with Crippen molar-refractivity contribution in [1.82, 2.24) is 0 Å². The number of nitrogens with one attached hydrogen (secondary N) is 1. The molecule has 0 saturated heterocycles. The summed E-state index contributed by atoms with van der Waals surface area (Å²) in [5.41, 5.74) is 1.16. The van der Waals surface area contributed by atoms with Crippen LogP contribution in [0.25, 0.3) is 6.08 Å². The van der Waals surface area contributed by atoms with Gasteiger partial charge in [-0.05, 0) is 55.3 Å². The number of amides is 1. The Bertz CT molecular complexity index is 872. The van der Waals surface area contributed by atoms with Crippen LogP contribution in [0, 0.1) is 11.3 Å². The van der Waals surface area contributed by atoms with Gasteiger partial charge in [0.2, 0.25) is 0 Å². The molecule has 27 heavy (non-hydrogen) atoms.